The van der Waals surface area contributed by atoms with Crippen molar-refractivity contribution in [2.24, 2.45) is 11.1 Å². The second-order valence-electron chi connectivity index (χ2n) is 4.76. The minimum absolute atomic E-state index is 0.0900. The van der Waals surface area contributed by atoms with Crippen molar-refractivity contribution in [2.75, 3.05) is 30.1 Å². The summed E-state index contributed by atoms with van der Waals surface area (Å²) in [5, 5.41) is 0. The van der Waals surface area contributed by atoms with Crippen molar-refractivity contribution < 1.29 is 16.8 Å². The number of sulfone groups is 2. The highest BCUT2D eigenvalue weighted by molar-refractivity contribution is 7.94. The molecule has 96 valence electrons. The van der Waals surface area contributed by atoms with E-state index in [1.54, 1.807) is 0 Å². The fourth-order valence-corrected chi connectivity index (χ4v) is 5.50. The first-order valence-electron chi connectivity index (χ1n) is 5.26. The van der Waals surface area contributed by atoms with Gasteiger partial charge in [0, 0.05) is 6.26 Å². The monoisotopic (exact) mass is 269 g/mol. The van der Waals surface area contributed by atoms with Crippen LogP contribution >= 0.6 is 0 Å². The molecule has 0 amide bonds. The molecule has 7 heteroatoms. The van der Waals surface area contributed by atoms with Gasteiger partial charge < -0.3 is 5.73 Å². The third-order valence-electron chi connectivity index (χ3n) is 2.92. The highest BCUT2D eigenvalue weighted by Crippen LogP contribution is 2.49. The third kappa shape index (κ3) is 4.80. The quantitative estimate of drug-likeness (QED) is 0.677. The normalized spacial score (nSPS) is 19.6. The molecule has 16 heavy (non-hydrogen) atoms. The first kappa shape index (κ1) is 13.9. The van der Waals surface area contributed by atoms with E-state index in [2.05, 4.69) is 0 Å². The van der Waals surface area contributed by atoms with E-state index < -0.39 is 19.7 Å². The van der Waals surface area contributed by atoms with E-state index in [1.165, 1.54) is 0 Å². The number of nitrogens with two attached hydrogens (primary N) is 1. The SMILES string of the molecule is CS(=O)(=O)CCS(=O)(=O)CC1(CCN)CC1. The average molecular weight is 269 g/mol. The van der Waals surface area contributed by atoms with Gasteiger partial charge in [0.05, 0.1) is 17.3 Å². The summed E-state index contributed by atoms with van der Waals surface area (Å²) in [6.45, 7) is 0.488. The molecule has 1 rings (SSSR count). The van der Waals surface area contributed by atoms with Crippen LogP contribution in [0.4, 0.5) is 0 Å². The van der Waals surface area contributed by atoms with Gasteiger partial charge in [0.15, 0.2) is 9.84 Å². The van der Waals surface area contributed by atoms with Crippen LogP contribution in [-0.2, 0) is 19.7 Å². The molecule has 0 spiro atoms. The van der Waals surface area contributed by atoms with E-state index in [1.807, 2.05) is 0 Å². The molecule has 0 aliphatic heterocycles. The third-order valence-corrected chi connectivity index (χ3v) is 6.01. The lowest BCUT2D eigenvalue weighted by molar-refractivity contribution is 0.510. The van der Waals surface area contributed by atoms with Crippen molar-refractivity contribution in [1.29, 1.82) is 0 Å². The maximum Gasteiger partial charge on any atom is 0.151 e. The molecular weight excluding hydrogens is 250 g/mol. The smallest absolute Gasteiger partial charge is 0.151 e. The highest BCUT2D eigenvalue weighted by Gasteiger charge is 2.45. The Morgan fingerprint density at radius 1 is 1.12 bits per heavy atom. The van der Waals surface area contributed by atoms with Crippen molar-refractivity contribution in [2.45, 2.75) is 19.3 Å². The summed E-state index contributed by atoms with van der Waals surface area (Å²) in [6, 6.07) is 0. The Hall–Kier alpha value is -0.140. The lowest BCUT2D eigenvalue weighted by Gasteiger charge is -2.13. The van der Waals surface area contributed by atoms with Gasteiger partial charge in [-0.15, -0.1) is 0 Å². The molecule has 0 aromatic rings. The Labute approximate surface area is 97.2 Å². The first-order valence-corrected chi connectivity index (χ1v) is 9.15. The predicted octanol–water partition coefficient (Wildman–Crippen LogP) is -0.425. The number of hydrogen-bond donors (Lipinski definition) is 1. The molecule has 1 aliphatic carbocycles. The zero-order valence-electron chi connectivity index (χ0n) is 9.48. The van der Waals surface area contributed by atoms with Gasteiger partial charge in [0.1, 0.15) is 9.84 Å². The van der Waals surface area contributed by atoms with Crippen LogP contribution in [-0.4, -0.2) is 46.9 Å². The van der Waals surface area contributed by atoms with Crippen LogP contribution in [0.5, 0.6) is 0 Å². The second kappa shape index (κ2) is 4.62. The average Bonchev–Trinajstić information content (AvgIpc) is 2.80. The van der Waals surface area contributed by atoms with Gasteiger partial charge in [-0.25, -0.2) is 16.8 Å². The molecule has 0 heterocycles. The largest absolute Gasteiger partial charge is 0.330 e. The number of rotatable bonds is 7. The lowest BCUT2D eigenvalue weighted by atomic mass is 10.1. The minimum Gasteiger partial charge on any atom is -0.330 e. The van der Waals surface area contributed by atoms with Crippen molar-refractivity contribution in [1.82, 2.24) is 0 Å². The van der Waals surface area contributed by atoms with Crippen LogP contribution in [0.3, 0.4) is 0 Å². The van der Waals surface area contributed by atoms with Gasteiger partial charge >= 0.3 is 0 Å². The molecule has 1 fully saturated rings. The minimum atomic E-state index is -3.27. The molecule has 1 aliphatic rings. The van der Waals surface area contributed by atoms with E-state index in [0.717, 1.165) is 19.1 Å². The van der Waals surface area contributed by atoms with Crippen LogP contribution in [0.15, 0.2) is 0 Å². The van der Waals surface area contributed by atoms with Crippen molar-refractivity contribution in [3.8, 4) is 0 Å². The Kier molecular flexibility index (Phi) is 4.02. The Morgan fingerprint density at radius 3 is 2.06 bits per heavy atom. The standard InChI is InChI=1S/C9H19NO4S2/c1-15(11,12)6-7-16(13,14)8-9(2-3-9)4-5-10/h2-8,10H2,1H3. The van der Waals surface area contributed by atoms with Gasteiger partial charge in [0.2, 0.25) is 0 Å². The summed E-state index contributed by atoms with van der Waals surface area (Å²) >= 11 is 0. The summed E-state index contributed by atoms with van der Waals surface area (Å²) < 4.78 is 45.2. The Bertz CT molecular complexity index is 434. The van der Waals surface area contributed by atoms with Crippen molar-refractivity contribution in [3.05, 3.63) is 0 Å². The summed E-state index contributed by atoms with van der Waals surface area (Å²) in [4.78, 5) is 0. The maximum absolute atomic E-state index is 11.7. The molecule has 0 radical (unpaired) electrons. The zero-order valence-corrected chi connectivity index (χ0v) is 11.1. The highest BCUT2D eigenvalue weighted by atomic mass is 32.2. The van der Waals surface area contributed by atoms with Crippen molar-refractivity contribution >= 4 is 19.7 Å². The molecule has 1 saturated carbocycles. The summed E-state index contributed by atoms with van der Waals surface area (Å²) in [5.74, 6) is -0.459. The number of hydrogen-bond acceptors (Lipinski definition) is 5. The molecule has 5 nitrogen and oxygen atoms in total. The molecular formula is C9H19NO4S2. The zero-order chi connectivity index (χ0) is 12.4. The molecule has 2 N–H and O–H groups in total. The lowest BCUT2D eigenvalue weighted by Crippen LogP contribution is -2.25. The van der Waals surface area contributed by atoms with Gasteiger partial charge in [0.25, 0.3) is 0 Å². The van der Waals surface area contributed by atoms with Gasteiger partial charge in [-0.1, -0.05) is 0 Å². The van der Waals surface area contributed by atoms with Crippen LogP contribution < -0.4 is 5.73 Å². The van der Waals surface area contributed by atoms with Crippen LogP contribution in [0.2, 0.25) is 0 Å². The van der Waals surface area contributed by atoms with E-state index in [0.29, 0.717) is 13.0 Å². The second-order valence-corrected chi connectivity index (χ2v) is 9.20. The molecule has 0 bridgehead atoms. The van der Waals surface area contributed by atoms with Crippen LogP contribution in [0, 0.1) is 5.41 Å². The topological polar surface area (TPSA) is 94.3 Å². The Morgan fingerprint density at radius 2 is 1.69 bits per heavy atom. The fraction of sp³-hybridized carbons (Fsp3) is 1.00. The van der Waals surface area contributed by atoms with Gasteiger partial charge in [-0.2, -0.15) is 0 Å². The van der Waals surface area contributed by atoms with Gasteiger partial charge in [-0.05, 0) is 31.2 Å². The summed E-state index contributed by atoms with van der Waals surface area (Å²) in [5.41, 5.74) is 5.28. The Balaban J connectivity index is 2.53. The first-order chi connectivity index (χ1) is 7.18. The van der Waals surface area contributed by atoms with E-state index in [4.69, 9.17) is 5.73 Å². The molecule has 0 saturated heterocycles. The summed E-state index contributed by atoms with van der Waals surface area (Å²) in [7, 11) is -6.48. The van der Waals surface area contributed by atoms with Crippen LogP contribution in [0.25, 0.3) is 0 Å². The molecule has 0 atom stereocenters. The van der Waals surface area contributed by atoms with E-state index >= 15 is 0 Å². The maximum atomic E-state index is 11.7. The van der Waals surface area contributed by atoms with Crippen LogP contribution in [0.1, 0.15) is 19.3 Å². The summed E-state index contributed by atoms with van der Waals surface area (Å²) in [6.07, 6.45) is 3.55. The molecule has 0 aromatic heterocycles. The van der Waals surface area contributed by atoms with Crippen molar-refractivity contribution in [3.63, 3.8) is 0 Å². The van der Waals surface area contributed by atoms with E-state index in [9.17, 15) is 16.8 Å². The fourth-order valence-electron chi connectivity index (χ4n) is 1.77. The van der Waals surface area contributed by atoms with E-state index in [-0.39, 0.29) is 22.7 Å². The van der Waals surface area contributed by atoms with Gasteiger partial charge in [-0.3, -0.25) is 0 Å². The molecule has 0 aromatic carbocycles. The molecule has 0 unspecified atom stereocenters. The predicted molar refractivity (Wildman–Crippen MR) is 63.7 cm³/mol.